The Morgan fingerprint density at radius 2 is 0.758 bits per heavy atom. The summed E-state index contributed by atoms with van der Waals surface area (Å²) < 4.78 is 0. The van der Waals surface area contributed by atoms with E-state index in [-0.39, 0.29) is 57.8 Å². The summed E-state index contributed by atoms with van der Waals surface area (Å²) in [5.74, 6) is -0.909. The van der Waals surface area contributed by atoms with Crippen LogP contribution in [0.5, 0.6) is 0 Å². The summed E-state index contributed by atoms with van der Waals surface area (Å²) in [7, 11) is 0. The van der Waals surface area contributed by atoms with E-state index in [0.717, 1.165) is 13.1 Å². The molecule has 0 rings (SSSR count). The molecule has 0 unspecified atom stereocenters. The van der Waals surface area contributed by atoms with Crippen LogP contribution in [0.15, 0.2) is 0 Å². The number of carbonyl (C=O) groups is 1. The van der Waals surface area contributed by atoms with Crippen molar-refractivity contribution in [1.29, 1.82) is 0 Å². The van der Waals surface area contributed by atoms with E-state index in [9.17, 15) is 9.90 Å². The molecule has 192 valence electrons. The van der Waals surface area contributed by atoms with Crippen LogP contribution in [-0.2, 0) is 4.79 Å². The average molecular weight is 492 g/mol. The maximum Gasteiger partial charge on any atom is 1.00 e. The van der Waals surface area contributed by atoms with Gasteiger partial charge in [0.25, 0.3) is 0 Å². The number of hydrogen-bond donors (Lipinski definition) is 0. The summed E-state index contributed by atoms with van der Waals surface area (Å²) in [5.41, 5.74) is 0. The zero-order chi connectivity index (χ0) is 23.5. The van der Waals surface area contributed by atoms with Crippen molar-refractivity contribution in [2.45, 2.75) is 162 Å². The summed E-state index contributed by atoms with van der Waals surface area (Å²) in [6, 6.07) is 0. The molecule has 0 aliphatic carbocycles. The molecule has 3 nitrogen and oxygen atoms in total. The molecule has 0 spiro atoms. The van der Waals surface area contributed by atoms with Gasteiger partial charge in [-0.2, -0.15) is 0 Å². The van der Waals surface area contributed by atoms with Gasteiger partial charge in [-0.25, -0.2) is 0 Å². The molecule has 0 heterocycles. The predicted molar refractivity (Wildman–Crippen MR) is 139 cm³/mol. The van der Waals surface area contributed by atoms with Gasteiger partial charge in [-0.15, -0.1) is 0 Å². The number of carboxylic acid groups (broad SMARTS) is 1. The Bertz CT molecular complexity index is 353. The molecule has 33 heavy (non-hydrogen) atoms. The zero-order valence-corrected chi connectivity index (χ0v) is 26.3. The van der Waals surface area contributed by atoms with Gasteiger partial charge in [0, 0.05) is 12.5 Å². The van der Waals surface area contributed by atoms with E-state index in [1.807, 2.05) is 0 Å². The van der Waals surface area contributed by atoms with E-state index in [0.29, 0.717) is 6.54 Å². The molecular weight excluding hydrogens is 433 g/mol. The first kappa shape index (κ1) is 36.2. The Hall–Kier alpha value is 1.07. The number of aliphatic carboxylic acids is 1. The number of carboxylic acids is 1. The maximum atomic E-state index is 10.9. The topological polar surface area (TPSA) is 43.4 Å². The molecule has 4 heteroatoms. The monoisotopic (exact) mass is 491 g/mol. The van der Waals surface area contributed by atoms with Crippen molar-refractivity contribution in [2.24, 2.45) is 0 Å². The van der Waals surface area contributed by atoms with Crippen LogP contribution in [0.4, 0.5) is 0 Å². The first-order valence-electron chi connectivity index (χ1n) is 14.6. The van der Waals surface area contributed by atoms with Gasteiger partial charge in [0.15, 0.2) is 0 Å². The minimum Gasteiger partial charge on any atom is -0.550 e. The van der Waals surface area contributed by atoms with Crippen molar-refractivity contribution < 1.29 is 61.3 Å². The van der Waals surface area contributed by atoms with Crippen LogP contribution >= 0.6 is 0 Å². The van der Waals surface area contributed by atoms with E-state index in [2.05, 4.69) is 18.7 Å². The molecule has 0 amide bonds. The van der Waals surface area contributed by atoms with E-state index in [1.54, 1.807) is 0 Å². The van der Waals surface area contributed by atoms with Crippen molar-refractivity contribution >= 4 is 5.97 Å². The van der Waals surface area contributed by atoms with Crippen LogP contribution < -0.4 is 56.5 Å². The van der Waals surface area contributed by atoms with Crippen LogP contribution in [0.3, 0.4) is 0 Å². The van der Waals surface area contributed by atoms with Gasteiger partial charge in [0.05, 0.1) is 0 Å². The molecule has 0 saturated heterocycles. The summed E-state index contributed by atoms with van der Waals surface area (Å²) in [5, 5.41) is 10.9. The third-order valence-corrected chi connectivity index (χ3v) is 6.79. The molecule has 0 aromatic carbocycles. The van der Waals surface area contributed by atoms with Crippen LogP contribution in [0, 0.1) is 0 Å². The van der Waals surface area contributed by atoms with Crippen molar-refractivity contribution in [2.75, 3.05) is 19.6 Å². The minimum atomic E-state index is -0.909. The van der Waals surface area contributed by atoms with Crippen molar-refractivity contribution in [3.63, 3.8) is 0 Å². The summed E-state index contributed by atoms with van der Waals surface area (Å²) >= 11 is 0. The van der Waals surface area contributed by atoms with Crippen molar-refractivity contribution in [1.82, 2.24) is 4.90 Å². The summed E-state index contributed by atoms with van der Waals surface area (Å²) in [6.45, 7) is 7.33. The Morgan fingerprint density at radius 1 is 0.485 bits per heavy atom. The smallest absolute Gasteiger partial charge is 0.550 e. The Balaban J connectivity index is 0. The molecule has 0 fully saturated rings. The molecule has 0 aliphatic rings. The second kappa shape index (κ2) is 31.1. The number of unbranched alkanes of at least 4 members (excludes halogenated alkanes) is 20. The van der Waals surface area contributed by atoms with Gasteiger partial charge < -0.3 is 14.8 Å². The second-order valence-corrected chi connectivity index (χ2v) is 10.0. The predicted octanol–water partition coefficient (Wildman–Crippen LogP) is 5.05. The van der Waals surface area contributed by atoms with Crippen LogP contribution in [0.25, 0.3) is 0 Å². The summed E-state index contributed by atoms with van der Waals surface area (Å²) in [4.78, 5) is 13.3. The fraction of sp³-hybridized carbons (Fsp3) is 0.966. The fourth-order valence-electron chi connectivity index (χ4n) is 4.58. The normalized spacial score (nSPS) is 11.1. The van der Waals surface area contributed by atoms with Crippen molar-refractivity contribution in [3.8, 4) is 0 Å². The Morgan fingerprint density at radius 3 is 1.03 bits per heavy atom. The number of rotatable bonds is 27. The van der Waals surface area contributed by atoms with Crippen molar-refractivity contribution in [3.05, 3.63) is 0 Å². The summed E-state index contributed by atoms with van der Waals surface area (Å²) in [6.07, 6.45) is 30.1. The van der Waals surface area contributed by atoms with E-state index in [1.165, 1.54) is 141 Å². The van der Waals surface area contributed by atoms with Gasteiger partial charge in [-0.3, -0.25) is 0 Å². The van der Waals surface area contributed by atoms with Crippen LogP contribution in [0.2, 0.25) is 0 Å². The molecule has 0 atom stereocenters. The standard InChI is InChI=1S/C29H59NO2.K/c1-3-5-7-9-11-13-15-17-19-21-23-26-30(28-25-29(31)32)27-24-22-20-18-16-14-12-10-8-6-4-2;/h3-28H2,1-2H3,(H,31,32);/q;+1/p-1. The zero-order valence-electron chi connectivity index (χ0n) is 23.1. The Labute approximate surface area is 251 Å². The SMILES string of the molecule is CCCCCCCCCCCCCN(CCCCCCCCCCCCC)CCC(=O)[O-].[K+]. The average Bonchev–Trinajstić information content (AvgIpc) is 2.78. The Kier molecular flexibility index (Phi) is 34.1. The van der Waals surface area contributed by atoms with Gasteiger partial charge in [0.2, 0.25) is 0 Å². The van der Waals surface area contributed by atoms with Gasteiger partial charge in [-0.1, -0.05) is 142 Å². The molecule has 0 saturated carbocycles. The molecule has 0 radical (unpaired) electrons. The van der Waals surface area contributed by atoms with Gasteiger partial charge >= 0.3 is 51.4 Å². The van der Waals surface area contributed by atoms with Crippen LogP contribution in [-0.4, -0.2) is 30.5 Å². The molecular formula is C29H58KNO2. The third-order valence-electron chi connectivity index (χ3n) is 6.79. The molecule has 0 N–H and O–H groups in total. The van der Waals surface area contributed by atoms with Gasteiger partial charge in [-0.05, 0) is 32.4 Å². The quantitative estimate of drug-likeness (QED) is 0.119. The molecule has 0 aliphatic heterocycles. The largest absolute Gasteiger partial charge is 1.00 e. The number of carbonyl (C=O) groups excluding carboxylic acids is 1. The number of nitrogens with zero attached hydrogens (tertiary/aromatic N) is 1. The first-order chi connectivity index (χ1) is 15.7. The third kappa shape index (κ3) is 31.0. The minimum absolute atomic E-state index is 0. The van der Waals surface area contributed by atoms with E-state index in [4.69, 9.17) is 0 Å². The second-order valence-electron chi connectivity index (χ2n) is 10.0. The van der Waals surface area contributed by atoms with E-state index >= 15 is 0 Å². The first-order valence-corrected chi connectivity index (χ1v) is 14.6. The number of hydrogen-bond acceptors (Lipinski definition) is 3. The maximum absolute atomic E-state index is 10.9. The van der Waals surface area contributed by atoms with E-state index < -0.39 is 5.97 Å². The van der Waals surface area contributed by atoms with Gasteiger partial charge in [0.1, 0.15) is 0 Å². The fourth-order valence-corrected chi connectivity index (χ4v) is 4.58. The molecule has 0 aromatic rings. The molecule has 0 bridgehead atoms. The molecule has 0 aromatic heterocycles. The van der Waals surface area contributed by atoms with Crippen LogP contribution in [0.1, 0.15) is 162 Å².